The van der Waals surface area contributed by atoms with Gasteiger partial charge in [-0.15, -0.1) is 0 Å². The van der Waals surface area contributed by atoms with Gasteiger partial charge in [0.15, 0.2) is 10.7 Å². The maximum Gasteiger partial charge on any atom is 0.356 e. The van der Waals surface area contributed by atoms with Gasteiger partial charge >= 0.3 is 5.97 Å². The Balaban J connectivity index is 1.87. The van der Waals surface area contributed by atoms with Crippen LogP contribution in [0, 0.1) is 0 Å². The SMILES string of the molecule is CC(CNS(=O)(=O)c1cc(C(=O)O)n[nH]1)OCc1ccccc1. The van der Waals surface area contributed by atoms with Gasteiger partial charge < -0.3 is 9.84 Å². The molecule has 0 saturated heterocycles. The van der Waals surface area contributed by atoms with Gasteiger partial charge in [-0.1, -0.05) is 30.3 Å². The lowest BCUT2D eigenvalue weighted by Crippen LogP contribution is -2.32. The molecule has 0 aliphatic rings. The van der Waals surface area contributed by atoms with Gasteiger partial charge in [-0.3, -0.25) is 5.10 Å². The summed E-state index contributed by atoms with van der Waals surface area (Å²) in [6, 6.07) is 10.5. The number of nitrogens with one attached hydrogen (secondary N) is 2. The highest BCUT2D eigenvalue weighted by Crippen LogP contribution is 2.08. The highest BCUT2D eigenvalue weighted by Gasteiger charge is 2.20. The van der Waals surface area contributed by atoms with Gasteiger partial charge in [0, 0.05) is 12.6 Å². The summed E-state index contributed by atoms with van der Waals surface area (Å²) in [5, 5.41) is 14.0. The Morgan fingerprint density at radius 3 is 2.70 bits per heavy atom. The van der Waals surface area contributed by atoms with Crippen molar-refractivity contribution in [1.29, 1.82) is 0 Å². The number of carbonyl (C=O) groups is 1. The number of aromatic amines is 1. The third-order valence-electron chi connectivity index (χ3n) is 3.00. The van der Waals surface area contributed by atoms with Crippen LogP contribution in [-0.2, 0) is 21.4 Å². The van der Waals surface area contributed by atoms with Crippen molar-refractivity contribution in [2.45, 2.75) is 24.7 Å². The van der Waals surface area contributed by atoms with Crippen LogP contribution < -0.4 is 4.72 Å². The number of rotatable bonds is 8. The number of ether oxygens (including phenoxy) is 1. The fourth-order valence-corrected chi connectivity index (χ4v) is 2.77. The number of carboxylic acids is 1. The van der Waals surface area contributed by atoms with E-state index in [1.165, 1.54) is 0 Å². The number of carboxylic acid groups (broad SMARTS) is 1. The van der Waals surface area contributed by atoms with Crippen molar-refractivity contribution < 1.29 is 23.1 Å². The maximum atomic E-state index is 12.0. The second kappa shape index (κ2) is 7.36. The molecule has 0 spiro atoms. The smallest absolute Gasteiger partial charge is 0.356 e. The second-order valence-electron chi connectivity index (χ2n) is 4.88. The molecule has 1 unspecified atom stereocenters. The number of H-pyrrole nitrogens is 1. The fourth-order valence-electron chi connectivity index (χ4n) is 1.73. The Morgan fingerprint density at radius 2 is 2.09 bits per heavy atom. The molecule has 1 aromatic heterocycles. The Labute approximate surface area is 133 Å². The standard InChI is InChI=1S/C14H17N3O5S/c1-10(22-9-11-5-3-2-4-6-11)8-15-23(20,21)13-7-12(14(18)19)16-17-13/h2-7,10,15H,8-9H2,1H3,(H,16,17)(H,18,19). The van der Waals surface area contributed by atoms with Crippen molar-refractivity contribution in [2.75, 3.05) is 6.54 Å². The van der Waals surface area contributed by atoms with Crippen LogP contribution >= 0.6 is 0 Å². The topological polar surface area (TPSA) is 121 Å². The summed E-state index contributed by atoms with van der Waals surface area (Å²) < 4.78 is 31.9. The first kappa shape index (κ1) is 17.1. The Morgan fingerprint density at radius 1 is 1.39 bits per heavy atom. The fraction of sp³-hybridized carbons (Fsp3) is 0.286. The molecule has 124 valence electrons. The first-order valence-electron chi connectivity index (χ1n) is 6.82. The predicted octanol–water partition coefficient (Wildman–Crippen LogP) is 0.991. The summed E-state index contributed by atoms with van der Waals surface area (Å²) in [4.78, 5) is 10.7. The highest BCUT2D eigenvalue weighted by molar-refractivity contribution is 7.89. The van der Waals surface area contributed by atoms with Crippen LogP contribution in [0.25, 0.3) is 0 Å². The average Bonchev–Trinajstić information content (AvgIpc) is 3.03. The van der Waals surface area contributed by atoms with Crippen LogP contribution in [0.1, 0.15) is 23.0 Å². The number of hydrogen-bond donors (Lipinski definition) is 3. The van der Waals surface area contributed by atoms with Gasteiger partial charge in [-0.2, -0.15) is 5.10 Å². The summed E-state index contributed by atoms with van der Waals surface area (Å²) in [6.45, 7) is 2.16. The van der Waals surface area contributed by atoms with E-state index in [2.05, 4.69) is 14.9 Å². The van der Waals surface area contributed by atoms with Gasteiger partial charge in [-0.05, 0) is 12.5 Å². The molecule has 9 heteroatoms. The van der Waals surface area contributed by atoms with E-state index < -0.39 is 16.0 Å². The molecule has 1 atom stereocenters. The molecule has 0 aliphatic heterocycles. The summed E-state index contributed by atoms with van der Waals surface area (Å²) in [7, 11) is -3.86. The van der Waals surface area contributed by atoms with E-state index in [1.54, 1.807) is 6.92 Å². The molecular formula is C14H17N3O5S. The van der Waals surface area contributed by atoms with E-state index in [0.29, 0.717) is 6.61 Å². The summed E-state index contributed by atoms with van der Waals surface area (Å²) >= 11 is 0. The van der Waals surface area contributed by atoms with E-state index in [9.17, 15) is 13.2 Å². The molecule has 0 saturated carbocycles. The molecule has 23 heavy (non-hydrogen) atoms. The lowest BCUT2D eigenvalue weighted by molar-refractivity contribution is 0.0566. The third-order valence-corrected chi connectivity index (χ3v) is 4.34. The summed E-state index contributed by atoms with van der Waals surface area (Å²) in [5.41, 5.74) is 0.626. The van der Waals surface area contributed by atoms with E-state index >= 15 is 0 Å². The lowest BCUT2D eigenvalue weighted by atomic mass is 10.2. The zero-order chi connectivity index (χ0) is 16.9. The molecule has 0 aliphatic carbocycles. The quantitative estimate of drug-likeness (QED) is 0.659. The van der Waals surface area contributed by atoms with Crippen molar-refractivity contribution in [1.82, 2.24) is 14.9 Å². The molecule has 0 fully saturated rings. The Bertz CT molecular complexity index is 758. The van der Waals surface area contributed by atoms with Crippen molar-refractivity contribution in [2.24, 2.45) is 0 Å². The number of hydrogen-bond acceptors (Lipinski definition) is 5. The van der Waals surface area contributed by atoms with Gasteiger partial charge in [0.05, 0.1) is 12.7 Å². The number of benzene rings is 1. The second-order valence-corrected chi connectivity index (χ2v) is 6.62. The van der Waals surface area contributed by atoms with E-state index in [0.717, 1.165) is 11.6 Å². The number of sulfonamides is 1. The van der Waals surface area contributed by atoms with E-state index in [1.807, 2.05) is 30.3 Å². The Hall–Kier alpha value is -2.23. The van der Waals surface area contributed by atoms with Crippen LogP contribution in [0.15, 0.2) is 41.4 Å². The number of aromatic carboxylic acids is 1. The maximum absolute atomic E-state index is 12.0. The van der Waals surface area contributed by atoms with Crippen molar-refractivity contribution in [3.8, 4) is 0 Å². The monoisotopic (exact) mass is 339 g/mol. The van der Waals surface area contributed by atoms with Gasteiger partial charge in [-0.25, -0.2) is 17.9 Å². The number of aromatic nitrogens is 2. The first-order valence-corrected chi connectivity index (χ1v) is 8.30. The largest absolute Gasteiger partial charge is 0.476 e. The normalized spacial score (nSPS) is 12.9. The van der Waals surface area contributed by atoms with Crippen LogP contribution in [0.3, 0.4) is 0 Å². The first-order chi connectivity index (χ1) is 10.9. The van der Waals surface area contributed by atoms with E-state index in [-0.39, 0.29) is 23.4 Å². The minimum Gasteiger partial charge on any atom is -0.476 e. The third kappa shape index (κ3) is 4.88. The van der Waals surface area contributed by atoms with E-state index in [4.69, 9.17) is 9.84 Å². The minimum atomic E-state index is -3.86. The molecule has 0 bridgehead atoms. The lowest BCUT2D eigenvalue weighted by Gasteiger charge is -2.13. The molecule has 1 aromatic carbocycles. The summed E-state index contributed by atoms with van der Waals surface area (Å²) in [5.74, 6) is -1.30. The minimum absolute atomic E-state index is 0.0522. The van der Waals surface area contributed by atoms with Crippen LogP contribution in [-0.4, -0.2) is 42.3 Å². The van der Waals surface area contributed by atoms with Gasteiger partial charge in [0.1, 0.15) is 0 Å². The molecule has 2 aromatic rings. The molecule has 1 heterocycles. The predicted molar refractivity (Wildman–Crippen MR) is 81.4 cm³/mol. The summed E-state index contributed by atoms with van der Waals surface area (Å²) in [6.07, 6.45) is -0.355. The van der Waals surface area contributed by atoms with Crippen LogP contribution in [0.2, 0.25) is 0 Å². The van der Waals surface area contributed by atoms with Crippen LogP contribution in [0.4, 0.5) is 0 Å². The average molecular weight is 339 g/mol. The number of nitrogens with zero attached hydrogens (tertiary/aromatic N) is 1. The van der Waals surface area contributed by atoms with Crippen LogP contribution in [0.5, 0.6) is 0 Å². The molecular weight excluding hydrogens is 322 g/mol. The molecule has 0 amide bonds. The molecule has 8 nitrogen and oxygen atoms in total. The Kier molecular flexibility index (Phi) is 5.48. The van der Waals surface area contributed by atoms with Crippen molar-refractivity contribution >= 4 is 16.0 Å². The van der Waals surface area contributed by atoms with Gasteiger partial charge in [0.2, 0.25) is 0 Å². The van der Waals surface area contributed by atoms with Crippen molar-refractivity contribution in [3.05, 3.63) is 47.7 Å². The molecule has 2 rings (SSSR count). The molecule has 3 N–H and O–H groups in total. The highest BCUT2D eigenvalue weighted by atomic mass is 32.2. The zero-order valence-corrected chi connectivity index (χ0v) is 13.2. The zero-order valence-electron chi connectivity index (χ0n) is 12.4. The van der Waals surface area contributed by atoms with Crippen molar-refractivity contribution in [3.63, 3.8) is 0 Å². The molecule has 0 radical (unpaired) electrons. The van der Waals surface area contributed by atoms with Gasteiger partial charge in [0.25, 0.3) is 10.0 Å².